The second-order valence-corrected chi connectivity index (χ2v) is 6.90. The molecule has 1 aromatic heterocycles. The van der Waals surface area contributed by atoms with Crippen LogP contribution in [0.5, 0.6) is 0 Å². The number of aryl methyl sites for hydroxylation is 2. The van der Waals surface area contributed by atoms with Crippen LogP contribution in [0.3, 0.4) is 0 Å². The zero-order chi connectivity index (χ0) is 20.0. The molecule has 0 saturated carbocycles. The van der Waals surface area contributed by atoms with Crippen molar-refractivity contribution in [2.24, 2.45) is 0 Å². The maximum absolute atomic E-state index is 14.7. The van der Waals surface area contributed by atoms with E-state index in [4.69, 9.17) is 4.52 Å². The van der Waals surface area contributed by atoms with Crippen molar-refractivity contribution >= 4 is 5.97 Å². The van der Waals surface area contributed by atoms with Crippen LogP contribution < -0.4 is 0 Å². The number of aromatic nitrogens is 2. The molecule has 1 heterocycles. The number of hydrogen-bond acceptors (Lipinski definition) is 4. The molecule has 0 fully saturated rings. The van der Waals surface area contributed by atoms with Crippen molar-refractivity contribution in [2.75, 3.05) is 0 Å². The van der Waals surface area contributed by atoms with Crippen molar-refractivity contribution in [3.8, 4) is 22.8 Å². The van der Waals surface area contributed by atoms with Gasteiger partial charge < -0.3 is 9.63 Å². The van der Waals surface area contributed by atoms with Crippen LogP contribution in [0.15, 0.2) is 16.7 Å². The fourth-order valence-electron chi connectivity index (χ4n) is 3.24. The molecule has 0 atom stereocenters. The molecule has 1 N–H and O–H groups in total. The normalized spacial score (nSPS) is 11.1. The summed E-state index contributed by atoms with van der Waals surface area (Å²) in [5.74, 6) is -1.08. The lowest BCUT2D eigenvalue weighted by molar-refractivity contribution is 0.0696. The molecule has 0 bridgehead atoms. The van der Waals surface area contributed by atoms with E-state index in [1.54, 1.807) is 32.9 Å². The minimum Gasteiger partial charge on any atom is -0.478 e. The van der Waals surface area contributed by atoms with Crippen LogP contribution in [0.1, 0.15) is 43.7 Å². The first-order valence-corrected chi connectivity index (χ1v) is 8.58. The molecule has 0 unspecified atom stereocenters. The molecule has 27 heavy (non-hydrogen) atoms. The summed E-state index contributed by atoms with van der Waals surface area (Å²) in [7, 11) is 0. The van der Waals surface area contributed by atoms with Gasteiger partial charge in [0, 0.05) is 5.56 Å². The van der Waals surface area contributed by atoms with Gasteiger partial charge in [0.05, 0.1) is 11.1 Å². The summed E-state index contributed by atoms with van der Waals surface area (Å²) in [4.78, 5) is 15.9. The number of nitrogens with zero attached hydrogens (tertiary/aromatic N) is 2. The third-order valence-corrected chi connectivity index (χ3v) is 5.30. The number of carboxylic acids is 1. The highest BCUT2D eigenvalue weighted by molar-refractivity contribution is 5.92. The van der Waals surface area contributed by atoms with Gasteiger partial charge in [-0.25, -0.2) is 9.18 Å². The number of hydrogen-bond donors (Lipinski definition) is 1. The molecule has 3 aromatic rings. The summed E-state index contributed by atoms with van der Waals surface area (Å²) in [6, 6.07) is 3.32. The standard InChI is InChI=1S/C21H21FN2O3/c1-9-7-10(2)18(22)17(11(9)3)20-23-19(24-27-20)15-8-16(21(25)26)14(6)12(4)13(15)5/h7-8H,1-6H3,(H,25,26). The first-order valence-electron chi connectivity index (χ1n) is 8.58. The van der Waals surface area contributed by atoms with E-state index in [0.29, 0.717) is 16.7 Å². The quantitative estimate of drug-likeness (QED) is 0.697. The second kappa shape index (κ2) is 6.61. The number of benzene rings is 2. The van der Waals surface area contributed by atoms with Crippen LogP contribution >= 0.6 is 0 Å². The highest BCUT2D eigenvalue weighted by Crippen LogP contribution is 2.33. The lowest BCUT2D eigenvalue weighted by atomic mass is 9.93. The molecule has 5 nitrogen and oxygen atoms in total. The third-order valence-electron chi connectivity index (χ3n) is 5.30. The van der Waals surface area contributed by atoms with E-state index >= 15 is 0 Å². The molecule has 0 aliphatic carbocycles. The van der Waals surface area contributed by atoms with Crippen molar-refractivity contribution in [2.45, 2.75) is 41.5 Å². The number of carboxylic acid groups (broad SMARTS) is 1. The van der Waals surface area contributed by atoms with E-state index in [1.165, 1.54) is 0 Å². The summed E-state index contributed by atoms with van der Waals surface area (Å²) < 4.78 is 20.1. The molecule has 6 heteroatoms. The molecular weight excluding hydrogens is 347 g/mol. The van der Waals surface area contributed by atoms with Crippen LogP contribution in [-0.2, 0) is 0 Å². The van der Waals surface area contributed by atoms with E-state index in [9.17, 15) is 14.3 Å². The van der Waals surface area contributed by atoms with Gasteiger partial charge in [-0.15, -0.1) is 0 Å². The first-order chi connectivity index (χ1) is 12.6. The lowest BCUT2D eigenvalue weighted by Crippen LogP contribution is -2.04. The van der Waals surface area contributed by atoms with E-state index in [1.807, 2.05) is 20.8 Å². The summed E-state index contributed by atoms with van der Waals surface area (Å²) >= 11 is 0. The van der Waals surface area contributed by atoms with Gasteiger partial charge in [0.25, 0.3) is 5.89 Å². The third kappa shape index (κ3) is 3.01. The van der Waals surface area contributed by atoms with E-state index in [2.05, 4.69) is 10.1 Å². The molecule has 3 rings (SSSR count). The molecule has 140 valence electrons. The smallest absolute Gasteiger partial charge is 0.335 e. The summed E-state index contributed by atoms with van der Waals surface area (Å²) in [6.07, 6.45) is 0. The highest BCUT2D eigenvalue weighted by Gasteiger charge is 2.22. The van der Waals surface area contributed by atoms with E-state index in [0.717, 1.165) is 22.3 Å². The largest absolute Gasteiger partial charge is 0.478 e. The highest BCUT2D eigenvalue weighted by atomic mass is 19.1. The summed E-state index contributed by atoms with van der Waals surface area (Å²) in [5.41, 5.74) is 5.61. The number of carbonyl (C=O) groups is 1. The minimum absolute atomic E-state index is 0.0845. The van der Waals surface area contributed by atoms with E-state index in [-0.39, 0.29) is 22.8 Å². The maximum Gasteiger partial charge on any atom is 0.335 e. The molecule has 0 saturated heterocycles. The van der Waals surface area contributed by atoms with Crippen molar-refractivity contribution in [1.29, 1.82) is 0 Å². The van der Waals surface area contributed by atoms with Crippen LogP contribution in [0.2, 0.25) is 0 Å². The Morgan fingerprint density at radius 3 is 2.26 bits per heavy atom. The van der Waals surface area contributed by atoms with Crippen LogP contribution in [-0.4, -0.2) is 21.2 Å². The molecule has 0 aliphatic heterocycles. The Labute approximate surface area is 156 Å². The van der Waals surface area contributed by atoms with Crippen molar-refractivity contribution in [3.63, 3.8) is 0 Å². The average molecular weight is 368 g/mol. The van der Waals surface area contributed by atoms with Crippen LogP contribution in [0, 0.1) is 47.4 Å². The first kappa shape index (κ1) is 18.8. The predicted molar refractivity (Wildman–Crippen MR) is 101 cm³/mol. The average Bonchev–Trinajstić information content (AvgIpc) is 3.07. The SMILES string of the molecule is Cc1cc(C)c(F)c(-c2nc(-c3cc(C(=O)O)c(C)c(C)c3C)no2)c1C. The van der Waals surface area contributed by atoms with Gasteiger partial charge in [-0.2, -0.15) is 4.98 Å². The van der Waals surface area contributed by atoms with Crippen molar-refractivity contribution < 1.29 is 18.8 Å². The Morgan fingerprint density at radius 1 is 0.963 bits per heavy atom. The summed E-state index contributed by atoms with van der Waals surface area (Å²) in [5, 5.41) is 13.4. The fraction of sp³-hybridized carbons (Fsp3) is 0.286. The summed E-state index contributed by atoms with van der Waals surface area (Å²) in [6.45, 7) is 10.9. The Hall–Kier alpha value is -3.02. The van der Waals surface area contributed by atoms with Gasteiger partial charge in [0.1, 0.15) is 5.82 Å². The van der Waals surface area contributed by atoms with Crippen LogP contribution in [0.4, 0.5) is 4.39 Å². The maximum atomic E-state index is 14.7. The Bertz CT molecular complexity index is 1060. The molecule has 0 aliphatic rings. The number of aromatic carboxylic acids is 1. The Morgan fingerprint density at radius 2 is 1.63 bits per heavy atom. The number of halogens is 1. The van der Waals surface area contributed by atoms with Gasteiger partial charge in [-0.3, -0.25) is 0 Å². The molecule has 0 radical (unpaired) electrons. The topological polar surface area (TPSA) is 76.2 Å². The van der Waals surface area contributed by atoms with Crippen molar-refractivity contribution in [1.82, 2.24) is 10.1 Å². The molecule has 0 spiro atoms. The zero-order valence-electron chi connectivity index (χ0n) is 16.2. The van der Waals surface area contributed by atoms with Crippen LogP contribution in [0.25, 0.3) is 22.8 Å². The van der Waals surface area contributed by atoms with Gasteiger partial charge in [-0.1, -0.05) is 11.2 Å². The Kier molecular flexibility index (Phi) is 4.59. The van der Waals surface area contributed by atoms with Gasteiger partial charge >= 0.3 is 5.97 Å². The minimum atomic E-state index is -1.02. The second-order valence-electron chi connectivity index (χ2n) is 6.90. The van der Waals surface area contributed by atoms with E-state index < -0.39 is 11.8 Å². The number of rotatable bonds is 3. The molecule has 0 amide bonds. The molecular formula is C21H21FN2O3. The predicted octanol–water partition coefficient (Wildman–Crippen LogP) is 5.09. The zero-order valence-corrected chi connectivity index (χ0v) is 16.2. The molecule has 2 aromatic carbocycles. The fourth-order valence-corrected chi connectivity index (χ4v) is 3.24. The van der Waals surface area contributed by atoms with Gasteiger partial charge in [0.2, 0.25) is 5.82 Å². The van der Waals surface area contributed by atoms with Gasteiger partial charge in [0.15, 0.2) is 0 Å². The Balaban J connectivity index is 2.21. The van der Waals surface area contributed by atoms with Crippen molar-refractivity contribution in [3.05, 3.63) is 56.9 Å². The lowest BCUT2D eigenvalue weighted by Gasteiger charge is -2.12. The van der Waals surface area contributed by atoms with Gasteiger partial charge in [-0.05, 0) is 81.0 Å². The monoisotopic (exact) mass is 368 g/mol.